The smallest absolute Gasteiger partial charge is 0.379 e. The molecule has 0 fully saturated rings. The number of hydrogen-bond acceptors (Lipinski definition) is 4. The Balaban J connectivity index is 1.70. The van der Waals surface area contributed by atoms with Gasteiger partial charge in [-0.25, -0.2) is 0 Å². The van der Waals surface area contributed by atoms with Crippen LogP contribution in [0.25, 0.3) is 0 Å². The fraction of sp³-hybridized carbons (Fsp3) is 0.250. The molecule has 1 heterocycles. The number of pyridine rings is 1. The molecule has 116 valence electrons. The third-order valence-electron chi connectivity index (χ3n) is 3.03. The van der Waals surface area contributed by atoms with Crippen LogP contribution in [-0.2, 0) is 11.2 Å². The van der Waals surface area contributed by atoms with Gasteiger partial charge in [-0.3, -0.25) is 4.79 Å². The van der Waals surface area contributed by atoms with Gasteiger partial charge in [0.2, 0.25) is 0 Å². The molecule has 6 nitrogen and oxygen atoms in total. The summed E-state index contributed by atoms with van der Waals surface area (Å²) in [6.45, 7) is 0.315. The fourth-order valence-electron chi connectivity index (χ4n) is 1.85. The second-order valence-corrected chi connectivity index (χ2v) is 4.60. The third kappa shape index (κ3) is 4.66. The molecule has 0 radical (unpaired) electrons. The van der Waals surface area contributed by atoms with Crippen LogP contribution in [0, 0.1) is 5.21 Å². The second kappa shape index (κ2) is 7.87. The number of nitrogens with zero attached hydrogens (tertiary/aromatic N) is 1. The van der Waals surface area contributed by atoms with E-state index in [9.17, 15) is 10.0 Å². The third-order valence-corrected chi connectivity index (χ3v) is 3.03. The van der Waals surface area contributed by atoms with Gasteiger partial charge < -0.3 is 20.0 Å². The molecule has 0 aliphatic rings. The number of rotatable bonds is 7. The zero-order valence-corrected chi connectivity index (χ0v) is 12.3. The topological polar surface area (TPSA) is 74.5 Å². The molecular formula is C16H18N2O4. The predicted molar refractivity (Wildman–Crippen MR) is 80.6 cm³/mol. The van der Waals surface area contributed by atoms with Gasteiger partial charge in [-0.05, 0) is 30.2 Å². The normalized spacial score (nSPS) is 10.0. The molecule has 0 aliphatic carbocycles. The molecule has 0 spiro atoms. The molecular weight excluding hydrogens is 284 g/mol. The van der Waals surface area contributed by atoms with E-state index in [0.29, 0.717) is 17.7 Å². The first-order chi connectivity index (χ1) is 10.7. The number of aromatic nitrogens is 1. The van der Waals surface area contributed by atoms with Crippen LogP contribution in [0.2, 0.25) is 0 Å². The average molecular weight is 302 g/mol. The lowest BCUT2D eigenvalue weighted by Gasteiger charge is -2.07. The Hall–Kier alpha value is -2.76. The minimum Gasteiger partial charge on any atom is -0.616 e. The summed E-state index contributed by atoms with van der Waals surface area (Å²) in [4.78, 5) is 11.7. The Bertz CT molecular complexity index is 614. The number of nitrogens with one attached hydrogen (secondary N) is 1. The molecule has 2 aromatic rings. The van der Waals surface area contributed by atoms with Gasteiger partial charge in [-0.1, -0.05) is 12.1 Å². The molecule has 1 aromatic heterocycles. The Morgan fingerprint density at radius 2 is 2.00 bits per heavy atom. The molecule has 6 heteroatoms. The van der Waals surface area contributed by atoms with E-state index < -0.39 is 0 Å². The Kier molecular flexibility index (Phi) is 5.59. The summed E-state index contributed by atoms with van der Waals surface area (Å²) >= 11 is 0. The van der Waals surface area contributed by atoms with E-state index in [1.54, 1.807) is 19.2 Å². The highest BCUT2D eigenvalue weighted by Crippen LogP contribution is 2.11. The Morgan fingerprint density at radius 1 is 1.23 bits per heavy atom. The van der Waals surface area contributed by atoms with Gasteiger partial charge in [-0.2, -0.15) is 0 Å². The molecule has 1 aromatic carbocycles. The summed E-state index contributed by atoms with van der Waals surface area (Å²) in [5.74, 6) is 0.639. The fourth-order valence-corrected chi connectivity index (χ4v) is 1.85. The summed E-state index contributed by atoms with van der Waals surface area (Å²) in [7, 11) is 1.62. The van der Waals surface area contributed by atoms with Crippen LogP contribution < -0.4 is 19.5 Å². The van der Waals surface area contributed by atoms with Crippen molar-refractivity contribution >= 4 is 5.91 Å². The second-order valence-electron chi connectivity index (χ2n) is 4.60. The first kappa shape index (κ1) is 15.6. The van der Waals surface area contributed by atoms with E-state index in [0.717, 1.165) is 11.3 Å². The summed E-state index contributed by atoms with van der Waals surface area (Å²) in [6.07, 6.45) is 2.03. The van der Waals surface area contributed by atoms with Crippen LogP contribution >= 0.6 is 0 Å². The summed E-state index contributed by atoms with van der Waals surface area (Å²) in [5.41, 5.74) is 1.10. The number of benzene rings is 1. The van der Waals surface area contributed by atoms with Crippen molar-refractivity contribution in [3.63, 3.8) is 0 Å². The number of methoxy groups -OCH3 is 1. The van der Waals surface area contributed by atoms with Crippen molar-refractivity contribution in [2.24, 2.45) is 0 Å². The largest absolute Gasteiger partial charge is 0.616 e. The minimum absolute atomic E-state index is 0.104. The number of ether oxygens (including phenoxy) is 2. The SMILES string of the molecule is COc1ccc(CCNC(=O)COc2cccc[n+]2[O-])cc1. The van der Waals surface area contributed by atoms with Gasteiger partial charge >= 0.3 is 5.88 Å². The van der Waals surface area contributed by atoms with Crippen LogP contribution in [0.3, 0.4) is 0 Å². The number of carbonyl (C=O) groups excluding carboxylic acids is 1. The first-order valence-electron chi connectivity index (χ1n) is 6.89. The van der Waals surface area contributed by atoms with Gasteiger partial charge in [0.25, 0.3) is 5.91 Å². The highest BCUT2D eigenvalue weighted by Gasteiger charge is 2.08. The lowest BCUT2D eigenvalue weighted by atomic mass is 10.1. The van der Waals surface area contributed by atoms with E-state index in [1.165, 1.54) is 12.3 Å². The number of amides is 1. The molecule has 1 amide bonds. The first-order valence-corrected chi connectivity index (χ1v) is 6.89. The molecule has 0 saturated heterocycles. The van der Waals surface area contributed by atoms with Gasteiger partial charge in [0.1, 0.15) is 5.75 Å². The van der Waals surface area contributed by atoms with E-state index in [4.69, 9.17) is 9.47 Å². The lowest BCUT2D eigenvalue weighted by molar-refractivity contribution is -0.612. The molecule has 2 rings (SSSR count). The Morgan fingerprint density at radius 3 is 2.68 bits per heavy atom. The maximum absolute atomic E-state index is 11.7. The van der Waals surface area contributed by atoms with Crippen molar-refractivity contribution in [1.29, 1.82) is 0 Å². The summed E-state index contributed by atoms with van der Waals surface area (Å²) in [5, 5.41) is 14.1. The molecule has 1 N–H and O–H groups in total. The summed E-state index contributed by atoms with van der Waals surface area (Å²) < 4.78 is 10.8. The van der Waals surface area contributed by atoms with Gasteiger partial charge in [0.15, 0.2) is 12.8 Å². The van der Waals surface area contributed by atoms with Crippen LogP contribution in [0.1, 0.15) is 5.56 Å². The van der Waals surface area contributed by atoms with Gasteiger partial charge in [-0.15, -0.1) is 4.73 Å². The monoisotopic (exact) mass is 302 g/mol. The van der Waals surface area contributed by atoms with E-state index >= 15 is 0 Å². The maximum Gasteiger partial charge on any atom is 0.379 e. The van der Waals surface area contributed by atoms with Crippen molar-refractivity contribution in [3.8, 4) is 11.6 Å². The average Bonchev–Trinajstić information content (AvgIpc) is 2.55. The van der Waals surface area contributed by atoms with Crippen LogP contribution in [0.15, 0.2) is 48.7 Å². The predicted octanol–water partition coefficient (Wildman–Crippen LogP) is 1.07. The zero-order valence-electron chi connectivity index (χ0n) is 12.3. The van der Waals surface area contributed by atoms with Crippen molar-refractivity contribution in [1.82, 2.24) is 5.32 Å². The zero-order chi connectivity index (χ0) is 15.8. The minimum atomic E-state index is -0.266. The van der Waals surface area contributed by atoms with E-state index in [1.807, 2.05) is 24.3 Å². The van der Waals surface area contributed by atoms with Crippen molar-refractivity contribution in [2.45, 2.75) is 6.42 Å². The highest BCUT2D eigenvalue weighted by molar-refractivity contribution is 5.77. The lowest BCUT2D eigenvalue weighted by Crippen LogP contribution is -2.34. The quantitative estimate of drug-likeness (QED) is 0.613. The van der Waals surface area contributed by atoms with Crippen molar-refractivity contribution in [3.05, 3.63) is 59.4 Å². The van der Waals surface area contributed by atoms with Crippen LogP contribution in [0.4, 0.5) is 0 Å². The van der Waals surface area contributed by atoms with Gasteiger partial charge in [0, 0.05) is 12.6 Å². The molecule has 22 heavy (non-hydrogen) atoms. The van der Waals surface area contributed by atoms with Crippen LogP contribution in [-0.4, -0.2) is 26.2 Å². The Labute approximate surface area is 128 Å². The molecule has 0 aliphatic heterocycles. The van der Waals surface area contributed by atoms with Gasteiger partial charge in [0.05, 0.1) is 13.2 Å². The maximum atomic E-state index is 11.7. The van der Waals surface area contributed by atoms with Crippen molar-refractivity contribution < 1.29 is 19.0 Å². The van der Waals surface area contributed by atoms with E-state index in [2.05, 4.69) is 5.32 Å². The van der Waals surface area contributed by atoms with Crippen molar-refractivity contribution in [2.75, 3.05) is 20.3 Å². The number of hydrogen-bond donors (Lipinski definition) is 1. The molecule has 0 saturated carbocycles. The molecule has 0 atom stereocenters. The molecule has 0 unspecified atom stereocenters. The van der Waals surface area contributed by atoms with E-state index in [-0.39, 0.29) is 18.4 Å². The summed E-state index contributed by atoms with van der Waals surface area (Å²) in [6, 6.07) is 12.4. The highest BCUT2D eigenvalue weighted by atomic mass is 16.6. The van der Waals surface area contributed by atoms with Crippen LogP contribution in [0.5, 0.6) is 11.6 Å². The standard InChI is InChI=1S/C16H18N2O4/c1-21-14-7-5-13(6-8-14)9-10-17-15(19)12-22-16-4-2-3-11-18(16)20/h2-8,11H,9-10,12H2,1H3,(H,17,19). The number of carbonyl (C=O) groups is 1. The molecule has 0 bridgehead atoms.